The number of alkyl halides is 3. The van der Waals surface area contributed by atoms with Crippen LogP contribution in [0.4, 0.5) is 13.2 Å². The molecule has 0 amide bonds. The van der Waals surface area contributed by atoms with Crippen LogP contribution in [-0.2, 0) is 0 Å². The molecule has 0 bridgehead atoms. The van der Waals surface area contributed by atoms with E-state index in [9.17, 15) is 13.2 Å². The predicted octanol–water partition coefficient (Wildman–Crippen LogP) is 2.57. The van der Waals surface area contributed by atoms with Gasteiger partial charge in [0.05, 0.1) is 5.56 Å². The lowest BCUT2D eigenvalue weighted by Gasteiger charge is -2.05. The molecule has 0 radical (unpaired) electrons. The van der Waals surface area contributed by atoms with Gasteiger partial charge in [-0.25, -0.2) is 0 Å². The first-order valence-electron chi connectivity index (χ1n) is 3.13. The molecule has 0 saturated heterocycles. The van der Waals surface area contributed by atoms with Crippen LogP contribution in [0.25, 0.3) is 0 Å². The highest BCUT2D eigenvalue weighted by Gasteiger charge is 2.30. The lowest BCUT2D eigenvalue weighted by Crippen LogP contribution is -2.00. The van der Waals surface area contributed by atoms with Crippen molar-refractivity contribution in [1.29, 1.82) is 5.26 Å². The molecule has 0 aliphatic rings. The fraction of sp³-hybridized carbons (Fsp3) is 0.143. The van der Waals surface area contributed by atoms with Crippen molar-refractivity contribution in [2.24, 2.45) is 0 Å². The zero-order valence-corrected chi connectivity index (χ0v) is 6.99. The number of pyridine rings is 1. The summed E-state index contributed by atoms with van der Waals surface area (Å²) in [6, 6.07) is 2.80. The van der Waals surface area contributed by atoms with Crippen LogP contribution in [-0.4, -0.2) is 10.5 Å². The number of thioether (sulfide) groups is 1. The normalized spacial score (nSPS) is 10.9. The third-order valence-corrected chi connectivity index (χ3v) is 1.93. The highest BCUT2D eigenvalue weighted by atomic mass is 32.2. The van der Waals surface area contributed by atoms with Crippen LogP contribution in [0.5, 0.6) is 0 Å². The van der Waals surface area contributed by atoms with Crippen LogP contribution in [0.15, 0.2) is 23.4 Å². The molecule has 1 aromatic heterocycles. The predicted molar refractivity (Wildman–Crippen MR) is 40.9 cm³/mol. The first-order valence-corrected chi connectivity index (χ1v) is 3.94. The highest BCUT2D eigenvalue weighted by Crippen LogP contribution is 2.37. The molecule has 1 rings (SSSR count). The Hall–Kier alpha value is -1.22. The molecule has 0 aliphatic carbocycles. The summed E-state index contributed by atoms with van der Waals surface area (Å²) >= 11 is -0.311. The molecule has 1 aromatic rings. The van der Waals surface area contributed by atoms with Crippen molar-refractivity contribution in [3.05, 3.63) is 24.0 Å². The maximum atomic E-state index is 11.9. The van der Waals surface area contributed by atoms with Gasteiger partial charge in [-0.15, -0.1) is 0 Å². The summed E-state index contributed by atoms with van der Waals surface area (Å²) in [5, 5.41) is 8.44. The van der Waals surface area contributed by atoms with E-state index in [1.807, 2.05) is 0 Å². The van der Waals surface area contributed by atoms with Crippen molar-refractivity contribution in [1.82, 2.24) is 4.98 Å². The van der Waals surface area contributed by atoms with Gasteiger partial charge in [0.25, 0.3) is 0 Å². The average molecular weight is 204 g/mol. The van der Waals surface area contributed by atoms with Gasteiger partial charge in [0.1, 0.15) is 6.07 Å². The van der Waals surface area contributed by atoms with E-state index in [1.54, 1.807) is 6.07 Å². The van der Waals surface area contributed by atoms with Gasteiger partial charge in [0.2, 0.25) is 0 Å². The Morgan fingerprint density at radius 2 is 2.15 bits per heavy atom. The van der Waals surface area contributed by atoms with Gasteiger partial charge in [0, 0.05) is 17.3 Å². The van der Waals surface area contributed by atoms with Gasteiger partial charge < -0.3 is 0 Å². The van der Waals surface area contributed by atoms with Crippen molar-refractivity contribution in [2.45, 2.75) is 10.4 Å². The average Bonchev–Trinajstić information content (AvgIpc) is 2.02. The fourth-order valence-corrected chi connectivity index (χ4v) is 1.27. The molecule has 0 unspecified atom stereocenters. The summed E-state index contributed by atoms with van der Waals surface area (Å²) in [6.07, 6.45) is 2.32. The lowest BCUT2D eigenvalue weighted by atomic mass is 10.3. The number of aromatic nitrogens is 1. The fourth-order valence-electron chi connectivity index (χ4n) is 0.679. The Morgan fingerprint density at radius 3 is 2.69 bits per heavy atom. The molecule has 0 N–H and O–H groups in total. The number of nitrogens with zero attached hydrogens (tertiary/aromatic N) is 2. The topological polar surface area (TPSA) is 36.7 Å². The molecular formula is C7H3F3N2S. The third kappa shape index (κ3) is 2.95. The molecule has 6 heteroatoms. The summed E-state index contributed by atoms with van der Waals surface area (Å²) in [5.74, 6) is 0. The highest BCUT2D eigenvalue weighted by molar-refractivity contribution is 8.00. The number of rotatable bonds is 1. The first-order chi connectivity index (χ1) is 6.03. The zero-order valence-electron chi connectivity index (χ0n) is 6.17. The van der Waals surface area contributed by atoms with Gasteiger partial charge in [-0.2, -0.15) is 18.4 Å². The minimum atomic E-state index is -4.37. The van der Waals surface area contributed by atoms with Crippen LogP contribution in [0.3, 0.4) is 0 Å². The van der Waals surface area contributed by atoms with Gasteiger partial charge in [-0.05, 0) is 17.8 Å². The van der Waals surface area contributed by atoms with E-state index in [0.29, 0.717) is 0 Å². The van der Waals surface area contributed by atoms with E-state index in [0.717, 1.165) is 12.3 Å². The van der Waals surface area contributed by atoms with E-state index < -0.39 is 5.51 Å². The van der Waals surface area contributed by atoms with Crippen LogP contribution < -0.4 is 0 Å². The Labute approximate surface area is 76.4 Å². The number of nitriles is 1. The van der Waals surface area contributed by atoms with Crippen molar-refractivity contribution in [2.75, 3.05) is 0 Å². The Morgan fingerprint density at radius 1 is 1.46 bits per heavy atom. The molecule has 13 heavy (non-hydrogen) atoms. The molecular weight excluding hydrogens is 201 g/mol. The summed E-state index contributed by atoms with van der Waals surface area (Å²) in [7, 11) is 0. The molecule has 0 spiro atoms. The second kappa shape index (κ2) is 3.66. The van der Waals surface area contributed by atoms with Crippen LogP contribution in [0.1, 0.15) is 5.56 Å². The number of hydrogen-bond acceptors (Lipinski definition) is 3. The van der Waals surface area contributed by atoms with E-state index in [1.165, 1.54) is 6.20 Å². The molecule has 0 atom stereocenters. The van der Waals surface area contributed by atoms with Crippen molar-refractivity contribution in [3.63, 3.8) is 0 Å². The summed E-state index contributed by atoms with van der Waals surface area (Å²) in [4.78, 5) is 3.42. The Kier molecular flexibility index (Phi) is 2.78. The Bertz CT molecular complexity index is 342. The summed E-state index contributed by atoms with van der Waals surface area (Å²) < 4.78 is 35.7. The van der Waals surface area contributed by atoms with Gasteiger partial charge in [-0.3, -0.25) is 4.98 Å². The van der Waals surface area contributed by atoms with E-state index in [-0.39, 0.29) is 22.2 Å². The Balaban J connectivity index is 2.96. The first kappa shape index (κ1) is 9.86. The second-order valence-corrected chi connectivity index (χ2v) is 3.14. The van der Waals surface area contributed by atoms with E-state index >= 15 is 0 Å². The SMILES string of the molecule is N#Cc1cnccc1SC(F)(F)F. The van der Waals surface area contributed by atoms with Crippen LogP contribution in [0, 0.1) is 11.3 Å². The third-order valence-electron chi connectivity index (χ3n) is 1.13. The number of hydrogen-bond donors (Lipinski definition) is 0. The quantitative estimate of drug-likeness (QED) is 0.659. The standard InChI is InChI=1S/C7H3F3N2S/c8-7(9,10)13-6-1-2-12-4-5(6)3-11/h1-2,4H. The zero-order chi connectivity index (χ0) is 9.90. The maximum absolute atomic E-state index is 11.9. The lowest BCUT2D eigenvalue weighted by molar-refractivity contribution is -0.0328. The monoisotopic (exact) mass is 204 g/mol. The minimum Gasteiger partial charge on any atom is -0.263 e. The minimum absolute atomic E-state index is 0.0650. The summed E-state index contributed by atoms with van der Waals surface area (Å²) in [5.41, 5.74) is -4.43. The van der Waals surface area contributed by atoms with Gasteiger partial charge in [0.15, 0.2) is 0 Å². The summed E-state index contributed by atoms with van der Waals surface area (Å²) in [6.45, 7) is 0. The van der Waals surface area contributed by atoms with Crippen LogP contribution in [0.2, 0.25) is 0 Å². The molecule has 0 aromatic carbocycles. The largest absolute Gasteiger partial charge is 0.446 e. The van der Waals surface area contributed by atoms with E-state index in [2.05, 4.69) is 4.98 Å². The van der Waals surface area contributed by atoms with Gasteiger partial charge >= 0.3 is 5.51 Å². The van der Waals surface area contributed by atoms with Crippen molar-refractivity contribution < 1.29 is 13.2 Å². The molecule has 0 fully saturated rings. The smallest absolute Gasteiger partial charge is 0.263 e. The van der Waals surface area contributed by atoms with Crippen molar-refractivity contribution in [3.8, 4) is 6.07 Å². The molecule has 0 aliphatic heterocycles. The number of halogens is 3. The van der Waals surface area contributed by atoms with Crippen LogP contribution >= 0.6 is 11.8 Å². The van der Waals surface area contributed by atoms with E-state index in [4.69, 9.17) is 5.26 Å². The van der Waals surface area contributed by atoms with Gasteiger partial charge in [-0.1, -0.05) is 0 Å². The molecule has 1 heterocycles. The maximum Gasteiger partial charge on any atom is 0.446 e. The van der Waals surface area contributed by atoms with Crippen molar-refractivity contribution >= 4 is 11.8 Å². The molecule has 2 nitrogen and oxygen atoms in total. The molecule has 0 saturated carbocycles. The second-order valence-electron chi connectivity index (χ2n) is 2.03. The molecule has 68 valence electrons.